The van der Waals surface area contributed by atoms with Crippen LogP contribution < -0.4 is 5.48 Å². The van der Waals surface area contributed by atoms with Gasteiger partial charge in [-0.2, -0.15) is 5.48 Å². The molecule has 0 aliphatic carbocycles. The van der Waals surface area contributed by atoms with Gasteiger partial charge in [-0.1, -0.05) is 6.08 Å². The van der Waals surface area contributed by atoms with Gasteiger partial charge in [0.2, 0.25) is 5.91 Å². The SMILES string of the molecule is C=CCC1(C(C)=O)CN([C@H]2CC(O)[C@@H](CO)O2)C(=O)N(C(C)=O)C1NO. The number of rotatable bonds is 6. The van der Waals surface area contributed by atoms with Crippen LogP contribution in [0.15, 0.2) is 12.7 Å². The van der Waals surface area contributed by atoms with E-state index in [0.717, 1.165) is 11.8 Å². The standard InChI is InChI=1S/C16H25N3O7/c1-4-5-16(9(2)21)8-18(13-6-11(23)12(7-20)26-13)15(24)19(10(3)22)14(16)17-25/h4,11-14,17,20,23,25H,1,5-8H2,2-3H3/t11?,12-,13-,14?,16?/m1/s1. The Kier molecular flexibility index (Phi) is 6.14. The van der Waals surface area contributed by atoms with Gasteiger partial charge in [0.05, 0.1) is 18.1 Å². The summed E-state index contributed by atoms with van der Waals surface area (Å²) in [5.41, 5.74) is 0.576. The predicted octanol–water partition coefficient (Wildman–Crippen LogP) is -0.805. The Morgan fingerprint density at radius 3 is 2.54 bits per heavy atom. The van der Waals surface area contributed by atoms with Crippen LogP contribution in [-0.2, 0) is 14.3 Å². The van der Waals surface area contributed by atoms with E-state index < -0.39 is 48.6 Å². The van der Waals surface area contributed by atoms with Crippen LogP contribution in [0.4, 0.5) is 4.79 Å². The number of carbonyl (C=O) groups is 3. The third-order valence-electron chi connectivity index (χ3n) is 5.09. The minimum Gasteiger partial charge on any atom is -0.394 e. The van der Waals surface area contributed by atoms with Gasteiger partial charge in [0.25, 0.3) is 0 Å². The van der Waals surface area contributed by atoms with Gasteiger partial charge in [-0.25, -0.2) is 9.69 Å². The number of nitrogens with one attached hydrogen (secondary N) is 1. The second kappa shape index (κ2) is 7.80. The Labute approximate surface area is 151 Å². The van der Waals surface area contributed by atoms with Crippen LogP contribution in [-0.4, -0.2) is 80.7 Å². The van der Waals surface area contributed by atoms with E-state index >= 15 is 0 Å². The maximum Gasteiger partial charge on any atom is 0.330 e. The van der Waals surface area contributed by atoms with Gasteiger partial charge < -0.3 is 20.2 Å². The first-order valence-electron chi connectivity index (χ1n) is 8.29. The number of ether oxygens (including phenoxy) is 1. The smallest absolute Gasteiger partial charge is 0.330 e. The lowest BCUT2D eigenvalue weighted by Gasteiger charge is -2.51. The molecule has 0 saturated carbocycles. The van der Waals surface area contributed by atoms with Gasteiger partial charge in [0.15, 0.2) is 0 Å². The molecule has 10 nitrogen and oxygen atoms in total. The molecule has 2 fully saturated rings. The van der Waals surface area contributed by atoms with Crippen molar-refractivity contribution in [2.45, 2.75) is 51.3 Å². The molecule has 2 saturated heterocycles. The minimum atomic E-state index is -1.35. The Bertz CT molecular complexity index is 598. The van der Waals surface area contributed by atoms with Gasteiger partial charge in [0, 0.05) is 19.9 Å². The molecule has 0 aromatic rings. The zero-order valence-electron chi connectivity index (χ0n) is 14.8. The molecule has 0 aromatic heterocycles. The van der Waals surface area contributed by atoms with E-state index in [9.17, 15) is 29.8 Å². The van der Waals surface area contributed by atoms with Crippen molar-refractivity contribution in [3.05, 3.63) is 12.7 Å². The van der Waals surface area contributed by atoms with Crippen LogP contribution in [0.2, 0.25) is 0 Å². The monoisotopic (exact) mass is 371 g/mol. The number of hydroxylamine groups is 1. The molecule has 3 unspecified atom stereocenters. The van der Waals surface area contributed by atoms with Crippen LogP contribution in [0.3, 0.4) is 0 Å². The number of aliphatic hydroxyl groups is 2. The van der Waals surface area contributed by atoms with E-state index in [1.54, 1.807) is 0 Å². The summed E-state index contributed by atoms with van der Waals surface area (Å²) in [6.07, 6.45) is -2.44. The molecule has 4 N–H and O–H groups in total. The Morgan fingerprint density at radius 2 is 2.12 bits per heavy atom. The second-order valence-corrected chi connectivity index (χ2v) is 6.65. The highest BCUT2D eigenvalue weighted by Crippen LogP contribution is 2.39. The van der Waals surface area contributed by atoms with Crippen molar-refractivity contribution < 1.29 is 34.5 Å². The highest BCUT2D eigenvalue weighted by molar-refractivity contribution is 5.97. The molecule has 0 radical (unpaired) electrons. The molecular formula is C16H25N3O7. The predicted molar refractivity (Wildman–Crippen MR) is 87.6 cm³/mol. The molecule has 146 valence electrons. The second-order valence-electron chi connectivity index (χ2n) is 6.65. The first kappa shape index (κ1) is 20.5. The highest BCUT2D eigenvalue weighted by Gasteiger charge is 2.57. The average molecular weight is 371 g/mol. The highest BCUT2D eigenvalue weighted by atomic mass is 16.5. The lowest BCUT2D eigenvalue weighted by molar-refractivity contribution is -0.159. The number of carbonyl (C=O) groups excluding carboxylic acids is 3. The number of Topliss-reactive ketones (excluding diaryl/α,β-unsaturated/α-hetero) is 1. The van der Waals surface area contributed by atoms with E-state index in [1.165, 1.54) is 17.9 Å². The summed E-state index contributed by atoms with van der Waals surface area (Å²) in [5.74, 6) is -1.02. The lowest BCUT2D eigenvalue weighted by atomic mass is 9.75. The van der Waals surface area contributed by atoms with Crippen molar-refractivity contribution in [3.8, 4) is 0 Å². The summed E-state index contributed by atoms with van der Waals surface area (Å²) in [6, 6.07) is -0.763. The van der Waals surface area contributed by atoms with Crippen molar-refractivity contribution in [1.82, 2.24) is 15.3 Å². The quantitative estimate of drug-likeness (QED) is 0.351. The summed E-state index contributed by atoms with van der Waals surface area (Å²) < 4.78 is 5.53. The van der Waals surface area contributed by atoms with Gasteiger partial charge in [-0.15, -0.1) is 6.58 Å². The topological polar surface area (TPSA) is 140 Å². The first-order chi connectivity index (χ1) is 12.2. The van der Waals surface area contributed by atoms with Crippen molar-refractivity contribution >= 4 is 17.7 Å². The zero-order valence-corrected chi connectivity index (χ0v) is 14.8. The largest absolute Gasteiger partial charge is 0.394 e. The van der Waals surface area contributed by atoms with E-state index in [4.69, 9.17) is 4.74 Å². The van der Waals surface area contributed by atoms with Gasteiger partial charge in [-0.3, -0.25) is 14.5 Å². The maximum absolute atomic E-state index is 12.9. The molecule has 0 bridgehead atoms. The van der Waals surface area contributed by atoms with Crippen LogP contribution in [0, 0.1) is 5.41 Å². The molecule has 10 heteroatoms. The molecule has 3 amide bonds. The molecule has 0 spiro atoms. The fourth-order valence-electron chi connectivity index (χ4n) is 3.63. The fourth-order valence-corrected chi connectivity index (χ4v) is 3.63. The Morgan fingerprint density at radius 1 is 1.46 bits per heavy atom. The van der Waals surface area contributed by atoms with Gasteiger partial charge >= 0.3 is 6.03 Å². The Balaban J connectivity index is 2.47. The summed E-state index contributed by atoms with van der Waals surface area (Å²) >= 11 is 0. The fraction of sp³-hybridized carbons (Fsp3) is 0.688. The van der Waals surface area contributed by atoms with Crippen molar-refractivity contribution in [3.63, 3.8) is 0 Å². The third kappa shape index (κ3) is 3.26. The molecule has 2 aliphatic rings. The number of amides is 3. The first-order valence-corrected chi connectivity index (χ1v) is 8.29. The van der Waals surface area contributed by atoms with Crippen LogP contribution in [0.5, 0.6) is 0 Å². The normalized spacial score (nSPS) is 34.9. The molecule has 26 heavy (non-hydrogen) atoms. The zero-order chi connectivity index (χ0) is 19.6. The van der Waals surface area contributed by atoms with E-state index in [-0.39, 0.29) is 25.2 Å². The van der Waals surface area contributed by atoms with Crippen molar-refractivity contribution in [2.75, 3.05) is 13.2 Å². The number of hydrogen-bond acceptors (Lipinski definition) is 8. The van der Waals surface area contributed by atoms with Gasteiger partial charge in [0.1, 0.15) is 24.3 Å². The summed E-state index contributed by atoms with van der Waals surface area (Å²) in [6.45, 7) is 5.50. The number of nitrogens with zero attached hydrogens (tertiary/aromatic N) is 2. The number of imide groups is 1. The van der Waals surface area contributed by atoms with Crippen LogP contribution in [0.1, 0.15) is 26.7 Å². The number of allylic oxidation sites excluding steroid dienone is 1. The number of urea groups is 1. The van der Waals surface area contributed by atoms with E-state index in [0.29, 0.717) is 0 Å². The van der Waals surface area contributed by atoms with E-state index in [2.05, 4.69) is 6.58 Å². The average Bonchev–Trinajstić information content (AvgIpc) is 2.95. The van der Waals surface area contributed by atoms with Crippen LogP contribution >= 0.6 is 0 Å². The molecule has 2 rings (SSSR count). The number of ketones is 1. The van der Waals surface area contributed by atoms with Gasteiger partial charge in [-0.05, 0) is 13.3 Å². The molecule has 5 atom stereocenters. The number of hydrogen-bond donors (Lipinski definition) is 4. The Hall–Kier alpha value is -1.85. The molecule has 2 aliphatic heterocycles. The third-order valence-corrected chi connectivity index (χ3v) is 5.09. The maximum atomic E-state index is 12.9. The van der Waals surface area contributed by atoms with Crippen molar-refractivity contribution in [1.29, 1.82) is 0 Å². The molecule has 0 aromatic carbocycles. The number of aliphatic hydroxyl groups excluding tert-OH is 2. The molecular weight excluding hydrogens is 346 g/mol. The van der Waals surface area contributed by atoms with Crippen molar-refractivity contribution in [2.24, 2.45) is 5.41 Å². The minimum absolute atomic E-state index is 0.0298. The summed E-state index contributed by atoms with van der Waals surface area (Å²) in [4.78, 5) is 39.4. The van der Waals surface area contributed by atoms with Crippen LogP contribution in [0.25, 0.3) is 0 Å². The molecule has 2 heterocycles. The summed E-state index contributed by atoms with van der Waals surface area (Å²) in [7, 11) is 0. The lowest BCUT2D eigenvalue weighted by Crippen LogP contribution is -2.72. The van der Waals surface area contributed by atoms with E-state index in [1.807, 2.05) is 5.48 Å². The summed E-state index contributed by atoms with van der Waals surface area (Å²) in [5, 5.41) is 28.8.